The van der Waals surface area contributed by atoms with Crippen molar-refractivity contribution in [3.05, 3.63) is 42.1 Å². The van der Waals surface area contributed by atoms with Crippen LogP contribution < -0.4 is 5.32 Å². The molecule has 1 heterocycles. The number of para-hydroxylation sites is 1. The Morgan fingerprint density at radius 1 is 1.11 bits per heavy atom. The maximum Gasteiger partial charge on any atom is 0.0705 e. The summed E-state index contributed by atoms with van der Waals surface area (Å²) in [4.78, 5) is 4.43. The number of benzene rings is 1. The first-order valence-electron chi connectivity index (χ1n) is 6.73. The van der Waals surface area contributed by atoms with Crippen LogP contribution in [0.3, 0.4) is 0 Å². The Morgan fingerprint density at radius 3 is 2.61 bits per heavy atom. The van der Waals surface area contributed by atoms with Gasteiger partial charge in [-0.2, -0.15) is 0 Å². The molecule has 2 nitrogen and oxygen atoms in total. The molecule has 0 bridgehead atoms. The third-order valence-electron chi connectivity index (χ3n) is 3.44. The molecule has 1 atom stereocenters. The lowest BCUT2D eigenvalue weighted by Gasteiger charge is -2.19. The zero-order valence-electron chi connectivity index (χ0n) is 11.5. The fourth-order valence-corrected chi connectivity index (χ4v) is 2.38. The first-order chi connectivity index (χ1) is 8.72. The van der Waals surface area contributed by atoms with Crippen molar-refractivity contribution in [2.45, 2.75) is 32.7 Å². The van der Waals surface area contributed by atoms with Gasteiger partial charge in [0.2, 0.25) is 0 Å². The summed E-state index contributed by atoms with van der Waals surface area (Å²) < 4.78 is 0. The number of hydrogen-bond donors (Lipinski definition) is 1. The highest BCUT2D eigenvalue weighted by atomic mass is 14.9. The van der Waals surface area contributed by atoms with Gasteiger partial charge in [-0.05, 0) is 43.5 Å². The second-order valence-electron chi connectivity index (χ2n) is 5.23. The second-order valence-corrected chi connectivity index (χ2v) is 5.23. The minimum absolute atomic E-state index is 0.417. The van der Waals surface area contributed by atoms with E-state index in [0.717, 1.165) is 11.4 Å². The maximum absolute atomic E-state index is 4.43. The van der Waals surface area contributed by atoms with E-state index in [1.165, 1.54) is 23.8 Å². The molecule has 0 radical (unpaired) electrons. The fourth-order valence-electron chi connectivity index (χ4n) is 2.38. The average molecular weight is 242 g/mol. The highest BCUT2D eigenvalue weighted by Gasteiger charge is 2.13. The summed E-state index contributed by atoms with van der Waals surface area (Å²) >= 11 is 0. The van der Waals surface area contributed by atoms with Gasteiger partial charge in [0.15, 0.2) is 0 Å². The lowest BCUT2D eigenvalue weighted by Crippen LogP contribution is -2.17. The van der Waals surface area contributed by atoms with Gasteiger partial charge in [-0.15, -0.1) is 0 Å². The van der Waals surface area contributed by atoms with Gasteiger partial charge in [-0.1, -0.05) is 32.0 Å². The van der Waals surface area contributed by atoms with Crippen molar-refractivity contribution in [1.82, 2.24) is 10.3 Å². The van der Waals surface area contributed by atoms with E-state index in [0.29, 0.717) is 6.04 Å². The number of rotatable bonds is 5. The molecule has 96 valence electrons. The number of nitrogens with zero attached hydrogens (tertiary/aromatic N) is 1. The van der Waals surface area contributed by atoms with Crippen LogP contribution in [-0.4, -0.2) is 12.0 Å². The summed E-state index contributed by atoms with van der Waals surface area (Å²) in [5.74, 6) is 0.744. The third kappa shape index (κ3) is 2.88. The van der Waals surface area contributed by atoms with E-state index in [1.54, 1.807) is 0 Å². The minimum atomic E-state index is 0.417. The Morgan fingerprint density at radius 2 is 1.89 bits per heavy atom. The van der Waals surface area contributed by atoms with Crippen LogP contribution in [0.25, 0.3) is 10.9 Å². The molecule has 0 saturated carbocycles. The predicted octanol–water partition coefficient (Wildman–Crippen LogP) is 3.93. The third-order valence-corrected chi connectivity index (χ3v) is 3.44. The van der Waals surface area contributed by atoms with Crippen LogP contribution in [0, 0.1) is 5.92 Å². The quantitative estimate of drug-likeness (QED) is 0.859. The summed E-state index contributed by atoms with van der Waals surface area (Å²) in [7, 11) is 2.04. The Balaban J connectivity index is 2.32. The van der Waals surface area contributed by atoms with E-state index in [-0.39, 0.29) is 0 Å². The molecule has 0 fully saturated rings. The topological polar surface area (TPSA) is 24.9 Å². The van der Waals surface area contributed by atoms with Crippen molar-refractivity contribution in [3.63, 3.8) is 0 Å². The lowest BCUT2D eigenvalue weighted by atomic mass is 9.95. The van der Waals surface area contributed by atoms with Gasteiger partial charge in [0.05, 0.1) is 5.52 Å². The Hall–Kier alpha value is -1.41. The maximum atomic E-state index is 4.43. The summed E-state index contributed by atoms with van der Waals surface area (Å²) in [6.45, 7) is 4.55. The van der Waals surface area contributed by atoms with E-state index >= 15 is 0 Å². The number of aromatic nitrogens is 1. The van der Waals surface area contributed by atoms with Gasteiger partial charge in [-0.25, -0.2) is 0 Å². The molecule has 0 amide bonds. The summed E-state index contributed by atoms with van der Waals surface area (Å²) in [5, 5.41) is 4.70. The summed E-state index contributed by atoms with van der Waals surface area (Å²) in [6, 6.07) is 10.9. The molecule has 2 aromatic rings. The van der Waals surface area contributed by atoms with Crippen LogP contribution in [0.1, 0.15) is 38.3 Å². The molecule has 0 aliphatic carbocycles. The molecule has 0 aliphatic heterocycles. The average Bonchev–Trinajstić information content (AvgIpc) is 2.39. The van der Waals surface area contributed by atoms with E-state index in [4.69, 9.17) is 0 Å². The van der Waals surface area contributed by atoms with E-state index in [1.807, 2.05) is 19.3 Å². The van der Waals surface area contributed by atoms with Crippen LogP contribution in [0.5, 0.6) is 0 Å². The van der Waals surface area contributed by atoms with Gasteiger partial charge in [0, 0.05) is 17.6 Å². The molecule has 1 unspecified atom stereocenters. The first kappa shape index (κ1) is 13.0. The standard InChI is InChI=1S/C16H22N2/c1-12(2)8-9-15(17-3)14-10-11-18-16-7-5-4-6-13(14)16/h4-7,10-12,15,17H,8-9H2,1-3H3. The lowest BCUT2D eigenvalue weighted by molar-refractivity contribution is 0.467. The smallest absolute Gasteiger partial charge is 0.0705 e. The van der Waals surface area contributed by atoms with Crippen LogP contribution in [-0.2, 0) is 0 Å². The van der Waals surface area contributed by atoms with Gasteiger partial charge < -0.3 is 5.32 Å². The molecule has 1 N–H and O–H groups in total. The summed E-state index contributed by atoms with van der Waals surface area (Å²) in [5.41, 5.74) is 2.45. The van der Waals surface area contributed by atoms with Gasteiger partial charge in [0.25, 0.3) is 0 Å². The Kier molecular flexibility index (Phi) is 4.32. The number of pyridine rings is 1. The summed E-state index contributed by atoms with van der Waals surface area (Å²) in [6.07, 6.45) is 4.32. The minimum Gasteiger partial charge on any atom is -0.313 e. The highest BCUT2D eigenvalue weighted by Crippen LogP contribution is 2.26. The monoisotopic (exact) mass is 242 g/mol. The molecular formula is C16H22N2. The van der Waals surface area contributed by atoms with Crippen molar-refractivity contribution >= 4 is 10.9 Å². The Bertz CT molecular complexity index is 500. The van der Waals surface area contributed by atoms with Crippen molar-refractivity contribution in [2.75, 3.05) is 7.05 Å². The van der Waals surface area contributed by atoms with Gasteiger partial charge >= 0.3 is 0 Å². The zero-order chi connectivity index (χ0) is 13.0. The predicted molar refractivity (Wildman–Crippen MR) is 77.6 cm³/mol. The van der Waals surface area contributed by atoms with Gasteiger partial charge in [0.1, 0.15) is 0 Å². The molecular weight excluding hydrogens is 220 g/mol. The van der Waals surface area contributed by atoms with E-state index < -0.39 is 0 Å². The first-order valence-corrected chi connectivity index (χ1v) is 6.73. The molecule has 2 rings (SSSR count). The number of fused-ring (bicyclic) bond motifs is 1. The van der Waals surface area contributed by atoms with Crippen LogP contribution in [0.15, 0.2) is 36.5 Å². The van der Waals surface area contributed by atoms with Crippen molar-refractivity contribution in [1.29, 1.82) is 0 Å². The van der Waals surface area contributed by atoms with Crippen molar-refractivity contribution < 1.29 is 0 Å². The SMILES string of the molecule is CNC(CCC(C)C)c1ccnc2ccccc12. The Labute approximate surface area is 109 Å². The molecule has 2 heteroatoms. The fraction of sp³-hybridized carbons (Fsp3) is 0.438. The van der Waals surface area contributed by atoms with E-state index in [9.17, 15) is 0 Å². The zero-order valence-corrected chi connectivity index (χ0v) is 11.5. The molecule has 0 spiro atoms. The largest absolute Gasteiger partial charge is 0.313 e. The van der Waals surface area contributed by atoms with Crippen LogP contribution in [0.2, 0.25) is 0 Å². The van der Waals surface area contributed by atoms with E-state index in [2.05, 4.69) is 48.4 Å². The highest BCUT2D eigenvalue weighted by molar-refractivity contribution is 5.82. The number of nitrogens with one attached hydrogen (secondary N) is 1. The van der Waals surface area contributed by atoms with Gasteiger partial charge in [-0.3, -0.25) is 4.98 Å². The van der Waals surface area contributed by atoms with Crippen LogP contribution >= 0.6 is 0 Å². The molecule has 18 heavy (non-hydrogen) atoms. The van der Waals surface area contributed by atoms with Crippen molar-refractivity contribution in [3.8, 4) is 0 Å². The second kappa shape index (κ2) is 5.96. The van der Waals surface area contributed by atoms with Crippen LogP contribution in [0.4, 0.5) is 0 Å². The molecule has 1 aromatic carbocycles. The number of hydrogen-bond acceptors (Lipinski definition) is 2. The van der Waals surface area contributed by atoms with Crippen molar-refractivity contribution in [2.24, 2.45) is 5.92 Å². The molecule has 1 aromatic heterocycles. The molecule has 0 aliphatic rings. The normalized spacial score (nSPS) is 13.1. The molecule has 0 saturated heterocycles.